The molecule has 0 spiro atoms. The van der Waals surface area contributed by atoms with Gasteiger partial charge in [0.2, 0.25) is 0 Å². The minimum absolute atomic E-state index is 0.305. The second-order valence-corrected chi connectivity index (χ2v) is 5.88. The van der Waals surface area contributed by atoms with E-state index in [0.29, 0.717) is 10.6 Å². The molecule has 21 heavy (non-hydrogen) atoms. The van der Waals surface area contributed by atoms with Crippen molar-refractivity contribution in [1.82, 2.24) is 4.98 Å². The van der Waals surface area contributed by atoms with Crippen LogP contribution < -0.4 is 0 Å². The standard InChI is InChI=1S/C16H10ClNO2S/c17-10-5-8-15(18-9-10)21-14-7-6-13(16(19)20)11-3-1-2-4-12(11)14/h1-9H,(H,19,20). The van der Waals surface area contributed by atoms with Gasteiger partial charge >= 0.3 is 5.97 Å². The summed E-state index contributed by atoms with van der Waals surface area (Å²) >= 11 is 7.31. The minimum Gasteiger partial charge on any atom is -0.478 e. The number of aromatic carboxylic acids is 1. The monoisotopic (exact) mass is 315 g/mol. The molecular formula is C16H10ClNO2S. The fraction of sp³-hybridized carbons (Fsp3) is 0. The summed E-state index contributed by atoms with van der Waals surface area (Å²) < 4.78 is 0. The second-order valence-electron chi connectivity index (χ2n) is 4.38. The Morgan fingerprint density at radius 2 is 1.81 bits per heavy atom. The van der Waals surface area contributed by atoms with Crippen molar-refractivity contribution >= 4 is 40.1 Å². The van der Waals surface area contributed by atoms with E-state index in [-0.39, 0.29) is 0 Å². The lowest BCUT2D eigenvalue weighted by molar-refractivity contribution is 0.0699. The lowest BCUT2D eigenvalue weighted by Gasteiger charge is -2.08. The van der Waals surface area contributed by atoms with Crippen LogP contribution in [-0.4, -0.2) is 16.1 Å². The molecule has 0 amide bonds. The van der Waals surface area contributed by atoms with Gasteiger partial charge in [-0.1, -0.05) is 47.6 Å². The fourth-order valence-electron chi connectivity index (χ4n) is 2.08. The van der Waals surface area contributed by atoms with Crippen molar-refractivity contribution in [2.24, 2.45) is 0 Å². The molecule has 1 heterocycles. The molecule has 0 aliphatic heterocycles. The van der Waals surface area contributed by atoms with Crippen LogP contribution in [0.4, 0.5) is 0 Å². The Morgan fingerprint density at radius 3 is 2.48 bits per heavy atom. The van der Waals surface area contributed by atoms with E-state index in [1.54, 1.807) is 18.3 Å². The van der Waals surface area contributed by atoms with Gasteiger partial charge < -0.3 is 5.11 Å². The molecule has 0 atom stereocenters. The predicted molar refractivity (Wildman–Crippen MR) is 84.3 cm³/mol. The van der Waals surface area contributed by atoms with Crippen molar-refractivity contribution in [2.45, 2.75) is 9.92 Å². The van der Waals surface area contributed by atoms with Gasteiger partial charge in [-0.3, -0.25) is 0 Å². The van der Waals surface area contributed by atoms with Crippen LogP contribution in [0.5, 0.6) is 0 Å². The summed E-state index contributed by atoms with van der Waals surface area (Å²) in [5.74, 6) is -0.924. The number of aromatic nitrogens is 1. The number of benzene rings is 2. The van der Waals surface area contributed by atoms with Gasteiger partial charge in [-0.25, -0.2) is 9.78 Å². The average molecular weight is 316 g/mol. The van der Waals surface area contributed by atoms with Crippen LogP contribution in [0.1, 0.15) is 10.4 Å². The molecule has 2 aromatic carbocycles. The highest BCUT2D eigenvalue weighted by Gasteiger charge is 2.11. The van der Waals surface area contributed by atoms with E-state index >= 15 is 0 Å². The van der Waals surface area contributed by atoms with Crippen LogP contribution in [-0.2, 0) is 0 Å². The Morgan fingerprint density at radius 1 is 1.05 bits per heavy atom. The van der Waals surface area contributed by atoms with Gasteiger partial charge in [-0.05, 0) is 35.0 Å². The van der Waals surface area contributed by atoms with Gasteiger partial charge in [0, 0.05) is 11.1 Å². The number of halogens is 1. The van der Waals surface area contributed by atoms with Gasteiger partial charge in [-0.15, -0.1) is 0 Å². The Hall–Kier alpha value is -2.04. The Bertz CT molecular complexity index is 818. The number of rotatable bonds is 3. The van der Waals surface area contributed by atoms with E-state index < -0.39 is 5.97 Å². The third-order valence-corrected chi connectivity index (χ3v) is 4.28. The van der Waals surface area contributed by atoms with Gasteiger partial charge in [0.1, 0.15) is 5.03 Å². The summed E-state index contributed by atoms with van der Waals surface area (Å²) in [4.78, 5) is 16.5. The first-order valence-electron chi connectivity index (χ1n) is 6.19. The number of pyridine rings is 1. The number of fused-ring (bicyclic) bond motifs is 1. The van der Waals surface area contributed by atoms with E-state index in [1.807, 2.05) is 36.4 Å². The Balaban J connectivity index is 2.09. The summed E-state index contributed by atoms with van der Waals surface area (Å²) in [5.41, 5.74) is 0.305. The molecule has 104 valence electrons. The van der Waals surface area contributed by atoms with Crippen molar-refractivity contribution in [3.05, 3.63) is 65.3 Å². The topological polar surface area (TPSA) is 50.2 Å². The lowest BCUT2D eigenvalue weighted by Crippen LogP contribution is -1.97. The highest BCUT2D eigenvalue weighted by molar-refractivity contribution is 7.99. The lowest BCUT2D eigenvalue weighted by atomic mass is 10.0. The number of carboxylic acids is 1. The normalized spacial score (nSPS) is 10.7. The van der Waals surface area contributed by atoms with Gasteiger partial charge in [0.15, 0.2) is 0 Å². The van der Waals surface area contributed by atoms with Crippen LogP contribution in [0.2, 0.25) is 5.02 Å². The number of carbonyl (C=O) groups is 1. The molecule has 0 radical (unpaired) electrons. The van der Waals surface area contributed by atoms with Crippen LogP contribution >= 0.6 is 23.4 Å². The van der Waals surface area contributed by atoms with E-state index in [4.69, 9.17) is 11.6 Å². The molecule has 0 saturated heterocycles. The first-order valence-corrected chi connectivity index (χ1v) is 7.39. The molecule has 0 saturated carbocycles. The number of hydrogen-bond donors (Lipinski definition) is 1. The van der Waals surface area contributed by atoms with E-state index in [1.165, 1.54) is 11.8 Å². The first-order chi connectivity index (χ1) is 10.1. The smallest absolute Gasteiger partial charge is 0.336 e. The summed E-state index contributed by atoms with van der Waals surface area (Å²) in [6.45, 7) is 0. The van der Waals surface area contributed by atoms with Gasteiger partial charge in [0.05, 0.1) is 10.6 Å². The number of carboxylic acid groups (broad SMARTS) is 1. The molecule has 3 nitrogen and oxygen atoms in total. The predicted octanol–water partition coefficient (Wildman–Crippen LogP) is 4.74. The van der Waals surface area contributed by atoms with Crippen molar-refractivity contribution in [3.8, 4) is 0 Å². The summed E-state index contributed by atoms with van der Waals surface area (Å²) in [6, 6.07) is 14.5. The molecule has 0 fully saturated rings. The molecule has 1 aromatic heterocycles. The molecule has 1 N–H and O–H groups in total. The van der Waals surface area contributed by atoms with E-state index in [9.17, 15) is 9.90 Å². The summed E-state index contributed by atoms with van der Waals surface area (Å²) in [5, 5.41) is 12.3. The zero-order valence-corrected chi connectivity index (χ0v) is 12.4. The third-order valence-electron chi connectivity index (χ3n) is 3.03. The summed E-state index contributed by atoms with van der Waals surface area (Å²) in [7, 11) is 0. The Labute approximate surface area is 130 Å². The zero-order valence-electron chi connectivity index (χ0n) is 10.8. The van der Waals surface area contributed by atoms with Gasteiger partial charge in [0.25, 0.3) is 0 Å². The second kappa shape index (κ2) is 5.76. The molecular weight excluding hydrogens is 306 g/mol. The summed E-state index contributed by atoms with van der Waals surface area (Å²) in [6.07, 6.45) is 1.59. The molecule has 3 rings (SSSR count). The van der Waals surface area contributed by atoms with Crippen molar-refractivity contribution in [1.29, 1.82) is 0 Å². The van der Waals surface area contributed by atoms with Crippen LogP contribution in [0, 0.1) is 0 Å². The van der Waals surface area contributed by atoms with Crippen molar-refractivity contribution < 1.29 is 9.90 Å². The Kier molecular flexibility index (Phi) is 3.82. The van der Waals surface area contributed by atoms with Crippen molar-refractivity contribution in [2.75, 3.05) is 0 Å². The average Bonchev–Trinajstić information content (AvgIpc) is 2.49. The maximum atomic E-state index is 11.3. The molecule has 0 aliphatic carbocycles. The van der Waals surface area contributed by atoms with Crippen molar-refractivity contribution in [3.63, 3.8) is 0 Å². The molecule has 5 heteroatoms. The third kappa shape index (κ3) is 2.86. The fourth-order valence-corrected chi connectivity index (χ4v) is 3.08. The van der Waals surface area contributed by atoms with Gasteiger partial charge in [-0.2, -0.15) is 0 Å². The minimum atomic E-state index is -0.924. The van der Waals surface area contributed by atoms with E-state index in [0.717, 1.165) is 20.7 Å². The molecule has 0 unspecified atom stereocenters. The van der Waals surface area contributed by atoms with Crippen LogP contribution in [0.15, 0.2) is 64.6 Å². The van der Waals surface area contributed by atoms with E-state index in [2.05, 4.69) is 4.98 Å². The highest BCUT2D eigenvalue weighted by Crippen LogP contribution is 2.34. The highest BCUT2D eigenvalue weighted by atomic mass is 35.5. The maximum Gasteiger partial charge on any atom is 0.336 e. The largest absolute Gasteiger partial charge is 0.478 e. The van der Waals surface area contributed by atoms with Crippen LogP contribution in [0.3, 0.4) is 0 Å². The number of hydrogen-bond acceptors (Lipinski definition) is 3. The molecule has 3 aromatic rings. The first kappa shape index (κ1) is 13.9. The number of nitrogens with zero attached hydrogens (tertiary/aromatic N) is 1. The quantitative estimate of drug-likeness (QED) is 0.758. The SMILES string of the molecule is O=C(O)c1ccc(Sc2ccc(Cl)cn2)c2ccccc12. The maximum absolute atomic E-state index is 11.3. The molecule has 0 bridgehead atoms. The molecule has 0 aliphatic rings. The zero-order chi connectivity index (χ0) is 14.8. The van der Waals surface area contributed by atoms with Crippen LogP contribution in [0.25, 0.3) is 10.8 Å².